The summed E-state index contributed by atoms with van der Waals surface area (Å²) in [5, 5.41) is 11.2. The Labute approximate surface area is 144 Å². The number of aromatic nitrogens is 3. The normalized spacial score (nSPS) is 12.0. The summed E-state index contributed by atoms with van der Waals surface area (Å²) in [6.07, 6.45) is 5.20. The number of furan rings is 1. The van der Waals surface area contributed by atoms with Crippen LogP contribution in [0.1, 0.15) is 18.5 Å². The van der Waals surface area contributed by atoms with Gasteiger partial charge in [0.05, 0.1) is 12.5 Å². The minimum Gasteiger partial charge on any atom is -0.486 e. The summed E-state index contributed by atoms with van der Waals surface area (Å²) >= 11 is 5.21. The summed E-state index contributed by atoms with van der Waals surface area (Å²) in [5.41, 5.74) is 0.919. The Bertz CT molecular complexity index is 892. The number of ether oxygens (including phenoxy) is 1. The van der Waals surface area contributed by atoms with Crippen molar-refractivity contribution in [3.05, 3.63) is 70.7 Å². The molecular formula is C17H16N4O2S. The van der Waals surface area contributed by atoms with Gasteiger partial charge in [-0.25, -0.2) is 5.10 Å². The maximum Gasteiger partial charge on any atom is 0.216 e. The van der Waals surface area contributed by atoms with Crippen LogP contribution in [0.3, 0.4) is 0 Å². The molecular weight excluding hydrogens is 324 g/mol. The molecule has 0 unspecified atom stereocenters. The van der Waals surface area contributed by atoms with Crippen LogP contribution in [0.4, 0.5) is 0 Å². The van der Waals surface area contributed by atoms with Gasteiger partial charge in [0.2, 0.25) is 4.77 Å². The molecule has 122 valence electrons. The largest absolute Gasteiger partial charge is 0.486 e. The molecule has 0 aliphatic carbocycles. The predicted octanol–water partition coefficient (Wildman–Crippen LogP) is 4.05. The average Bonchev–Trinajstić information content (AvgIpc) is 3.22. The van der Waals surface area contributed by atoms with Crippen molar-refractivity contribution in [1.82, 2.24) is 14.9 Å². The van der Waals surface area contributed by atoms with E-state index in [1.807, 2.05) is 55.5 Å². The molecule has 0 saturated heterocycles. The number of hydrogen-bond acceptors (Lipinski definition) is 5. The molecule has 3 aromatic rings. The molecule has 24 heavy (non-hydrogen) atoms. The van der Waals surface area contributed by atoms with Gasteiger partial charge in [-0.3, -0.25) is 0 Å². The van der Waals surface area contributed by atoms with E-state index in [1.54, 1.807) is 12.5 Å². The zero-order valence-corrected chi connectivity index (χ0v) is 13.9. The molecule has 0 atom stereocenters. The lowest BCUT2D eigenvalue weighted by atomic mass is 10.3. The lowest BCUT2D eigenvalue weighted by Crippen LogP contribution is -2.04. The first kappa shape index (κ1) is 15.9. The number of aromatic amines is 1. The summed E-state index contributed by atoms with van der Waals surface area (Å²) < 4.78 is 12.9. The molecule has 0 amide bonds. The Morgan fingerprint density at radius 3 is 2.92 bits per heavy atom. The third-order valence-electron chi connectivity index (χ3n) is 3.12. The van der Waals surface area contributed by atoms with Crippen molar-refractivity contribution >= 4 is 24.5 Å². The molecule has 1 N–H and O–H groups in total. The second kappa shape index (κ2) is 7.56. The van der Waals surface area contributed by atoms with Gasteiger partial charge in [-0.05, 0) is 55.1 Å². The van der Waals surface area contributed by atoms with Crippen molar-refractivity contribution in [2.75, 3.05) is 0 Å². The van der Waals surface area contributed by atoms with Gasteiger partial charge in [0.1, 0.15) is 18.1 Å². The molecule has 7 heteroatoms. The monoisotopic (exact) mass is 340 g/mol. The first-order valence-electron chi connectivity index (χ1n) is 7.32. The average molecular weight is 340 g/mol. The first-order valence-corrected chi connectivity index (χ1v) is 7.73. The van der Waals surface area contributed by atoms with Crippen LogP contribution in [0.25, 0.3) is 6.08 Å². The van der Waals surface area contributed by atoms with Gasteiger partial charge in [0, 0.05) is 0 Å². The van der Waals surface area contributed by atoms with E-state index in [0.29, 0.717) is 10.6 Å². The van der Waals surface area contributed by atoms with Crippen molar-refractivity contribution in [2.45, 2.75) is 13.5 Å². The number of benzene rings is 1. The number of H-pyrrole nitrogens is 1. The van der Waals surface area contributed by atoms with Crippen molar-refractivity contribution in [1.29, 1.82) is 0 Å². The van der Waals surface area contributed by atoms with Crippen molar-refractivity contribution in [2.24, 2.45) is 5.10 Å². The fourth-order valence-electron chi connectivity index (χ4n) is 1.99. The lowest BCUT2D eigenvalue weighted by Gasteiger charge is -2.04. The van der Waals surface area contributed by atoms with E-state index < -0.39 is 0 Å². The summed E-state index contributed by atoms with van der Waals surface area (Å²) in [6, 6.07) is 13.2. The van der Waals surface area contributed by atoms with E-state index in [0.717, 1.165) is 17.1 Å². The Morgan fingerprint density at radius 1 is 1.33 bits per heavy atom. The zero-order valence-electron chi connectivity index (χ0n) is 13.0. The highest BCUT2D eigenvalue weighted by atomic mass is 32.1. The van der Waals surface area contributed by atoms with Gasteiger partial charge in [-0.1, -0.05) is 18.2 Å². The van der Waals surface area contributed by atoms with Gasteiger partial charge >= 0.3 is 0 Å². The van der Waals surface area contributed by atoms with E-state index in [1.165, 1.54) is 4.68 Å². The van der Waals surface area contributed by atoms with Gasteiger partial charge in [0.25, 0.3) is 0 Å². The molecule has 0 saturated carbocycles. The van der Waals surface area contributed by atoms with Crippen LogP contribution < -0.4 is 4.74 Å². The van der Waals surface area contributed by atoms with Gasteiger partial charge in [-0.2, -0.15) is 14.9 Å². The number of allylic oxidation sites excluding steroid dienone is 1. The maximum absolute atomic E-state index is 5.68. The van der Waals surface area contributed by atoms with E-state index >= 15 is 0 Å². The van der Waals surface area contributed by atoms with Crippen molar-refractivity contribution < 1.29 is 9.15 Å². The van der Waals surface area contributed by atoms with E-state index in [9.17, 15) is 0 Å². The van der Waals surface area contributed by atoms with E-state index in [4.69, 9.17) is 21.4 Å². The Hall–Kier alpha value is -2.93. The molecule has 3 rings (SSSR count). The second-order valence-electron chi connectivity index (χ2n) is 5.01. The third-order valence-corrected chi connectivity index (χ3v) is 3.38. The number of nitrogens with one attached hydrogen (secondary N) is 1. The molecule has 2 aromatic heterocycles. The van der Waals surface area contributed by atoms with Crippen LogP contribution in [0.15, 0.2) is 63.8 Å². The Kier molecular flexibility index (Phi) is 5.02. The molecule has 1 aromatic carbocycles. The molecule has 0 radical (unpaired) electrons. The van der Waals surface area contributed by atoms with Crippen LogP contribution in [0.2, 0.25) is 0 Å². The SMILES string of the molecule is C/C(C=Nn1c(COc2ccccc2)n[nH]c1=S)=C\c1ccco1. The molecule has 0 fully saturated rings. The quantitative estimate of drug-likeness (QED) is 0.543. The van der Waals surface area contributed by atoms with Crippen molar-refractivity contribution in [3.63, 3.8) is 0 Å². The van der Waals surface area contributed by atoms with Crippen LogP contribution in [-0.2, 0) is 6.61 Å². The fraction of sp³-hybridized carbons (Fsp3) is 0.118. The van der Waals surface area contributed by atoms with Crippen LogP contribution >= 0.6 is 12.2 Å². The van der Waals surface area contributed by atoms with Crippen LogP contribution in [0, 0.1) is 4.77 Å². The fourth-order valence-corrected chi connectivity index (χ4v) is 2.18. The van der Waals surface area contributed by atoms with Gasteiger partial charge in [-0.15, -0.1) is 0 Å². The second-order valence-corrected chi connectivity index (χ2v) is 5.39. The summed E-state index contributed by atoms with van der Waals surface area (Å²) in [4.78, 5) is 0. The van der Waals surface area contributed by atoms with Crippen molar-refractivity contribution in [3.8, 4) is 5.75 Å². The molecule has 6 nitrogen and oxygen atoms in total. The highest BCUT2D eigenvalue weighted by molar-refractivity contribution is 7.71. The van der Waals surface area contributed by atoms with Gasteiger partial charge in [0.15, 0.2) is 5.82 Å². The summed E-state index contributed by atoms with van der Waals surface area (Å²) in [6.45, 7) is 2.19. The molecule has 2 heterocycles. The van der Waals surface area contributed by atoms with E-state index in [-0.39, 0.29) is 6.61 Å². The zero-order chi connectivity index (χ0) is 16.8. The Balaban J connectivity index is 1.73. The first-order chi connectivity index (χ1) is 11.7. The maximum atomic E-state index is 5.68. The Morgan fingerprint density at radius 2 is 2.17 bits per heavy atom. The minimum absolute atomic E-state index is 0.259. The predicted molar refractivity (Wildman–Crippen MR) is 94.4 cm³/mol. The van der Waals surface area contributed by atoms with Crippen LogP contribution in [-0.4, -0.2) is 21.1 Å². The van der Waals surface area contributed by atoms with Gasteiger partial charge < -0.3 is 9.15 Å². The smallest absolute Gasteiger partial charge is 0.216 e. The lowest BCUT2D eigenvalue weighted by molar-refractivity contribution is 0.290. The summed E-state index contributed by atoms with van der Waals surface area (Å²) in [7, 11) is 0. The molecule has 0 bridgehead atoms. The number of nitrogens with zero attached hydrogens (tertiary/aromatic N) is 3. The standard InChI is InChI=1S/C17H16N4O2S/c1-13(10-15-8-5-9-22-15)11-18-21-16(19-20-17(21)24)12-23-14-6-3-2-4-7-14/h2-11H,12H2,1H3,(H,20,24)/b13-10+,18-11?. The topological polar surface area (TPSA) is 68.3 Å². The molecule has 0 spiro atoms. The number of hydrogen-bond donors (Lipinski definition) is 1. The number of para-hydroxylation sites is 1. The van der Waals surface area contributed by atoms with E-state index in [2.05, 4.69) is 15.3 Å². The number of rotatable bonds is 6. The highest BCUT2D eigenvalue weighted by Crippen LogP contribution is 2.11. The third kappa shape index (κ3) is 4.08. The summed E-state index contributed by atoms with van der Waals surface area (Å²) in [5.74, 6) is 2.11. The minimum atomic E-state index is 0.259. The molecule has 0 aliphatic heterocycles. The molecule has 0 aliphatic rings. The highest BCUT2D eigenvalue weighted by Gasteiger charge is 2.06. The van der Waals surface area contributed by atoms with Crippen LogP contribution in [0.5, 0.6) is 5.75 Å².